The predicted molar refractivity (Wildman–Crippen MR) is 76.3 cm³/mol. The summed E-state index contributed by atoms with van der Waals surface area (Å²) in [4.78, 5) is 11.5. The Balaban J connectivity index is 1.87. The first-order valence-corrected chi connectivity index (χ1v) is 8.06. The van der Waals surface area contributed by atoms with Crippen molar-refractivity contribution in [2.75, 3.05) is 5.32 Å². The third-order valence-corrected chi connectivity index (χ3v) is 4.67. The van der Waals surface area contributed by atoms with Crippen LogP contribution in [0.3, 0.4) is 0 Å². The molecule has 1 aromatic carbocycles. The Kier molecular flexibility index (Phi) is 3.67. The summed E-state index contributed by atoms with van der Waals surface area (Å²) in [5.74, 6) is -1.45. The zero-order chi connectivity index (χ0) is 15.7. The summed E-state index contributed by atoms with van der Waals surface area (Å²) >= 11 is 0. The van der Waals surface area contributed by atoms with Gasteiger partial charge in [-0.2, -0.15) is 5.10 Å². The highest BCUT2D eigenvalue weighted by Gasteiger charge is 2.30. The fraction of sp³-hybridized carbons (Fsp3) is 0.231. The molecule has 0 spiro atoms. The molecule has 1 saturated carbocycles. The number of carbonyl (C=O) groups excluding carboxylic acids is 1. The SMILES string of the molecule is O=C(Nc1cn[nH]c1)c1ccc(F)c(S(=O)(=O)NC2CC2)c1. The van der Waals surface area contributed by atoms with E-state index >= 15 is 0 Å². The van der Waals surface area contributed by atoms with Crippen LogP contribution in [0.5, 0.6) is 0 Å². The van der Waals surface area contributed by atoms with Crippen molar-refractivity contribution in [3.8, 4) is 0 Å². The Labute approximate surface area is 126 Å². The Morgan fingerprint density at radius 2 is 2.14 bits per heavy atom. The molecule has 1 aliphatic rings. The summed E-state index contributed by atoms with van der Waals surface area (Å²) < 4.78 is 40.4. The molecule has 1 aromatic heterocycles. The van der Waals surface area contributed by atoms with Gasteiger partial charge in [0.25, 0.3) is 5.91 Å². The van der Waals surface area contributed by atoms with Crippen molar-refractivity contribution < 1.29 is 17.6 Å². The lowest BCUT2D eigenvalue weighted by atomic mass is 10.2. The van der Waals surface area contributed by atoms with Crippen LogP contribution < -0.4 is 10.0 Å². The number of hydrogen-bond donors (Lipinski definition) is 3. The molecule has 0 aliphatic heterocycles. The maximum Gasteiger partial charge on any atom is 0.255 e. The summed E-state index contributed by atoms with van der Waals surface area (Å²) in [6.45, 7) is 0. The molecule has 0 radical (unpaired) electrons. The molecule has 3 rings (SSSR count). The van der Waals surface area contributed by atoms with Crippen LogP contribution in [0.2, 0.25) is 0 Å². The number of carbonyl (C=O) groups is 1. The second-order valence-corrected chi connectivity index (χ2v) is 6.66. The van der Waals surface area contributed by atoms with Gasteiger partial charge < -0.3 is 5.32 Å². The third kappa shape index (κ3) is 3.15. The molecule has 22 heavy (non-hydrogen) atoms. The summed E-state index contributed by atoms with van der Waals surface area (Å²) in [7, 11) is -3.97. The molecule has 7 nitrogen and oxygen atoms in total. The second-order valence-electron chi connectivity index (χ2n) is 4.98. The molecule has 2 aromatic rings. The standard InChI is InChI=1S/C13H13FN4O3S/c14-11-4-1-8(13(19)17-10-6-15-16-7-10)5-12(11)22(20,21)18-9-2-3-9/h1,4-7,9,18H,2-3H2,(H,15,16)(H,17,19). The minimum atomic E-state index is -3.97. The summed E-state index contributed by atoms with van der Waals surface area (Å²) in [6, 6.07) is 3.06. The summed E-state index contributed by atoms with van der Waals surface area (Å²) in [5.41, 5.74) is 0.466. The maximum absolute atomic E-state index is 13.8. The molecule has 1 heterocycles. The van der Waals surface area contributed by atoms with Gasteiger partial charge in [0.15, 0.2) is 0 Å². The number of amides is 1. The average Bonchev–Trinajstić information content (AvgIpc) is 3.11. The number of benzene rings is 1. The Hall–Kier alpha value is -2.26. The van der Waals surface area contributed by atoms with Gasteiger partial charge in [0, 0.05) is 17.8 Å². The van der Waals surface area contributed by atoms with Crippen LogP contribution in [0.4, 0.5) is 10.1 Å². The van der Waals surface area contributed by atoms with Crippen molar-refractivity contribution in [2.45, 2.75) is 23.8 Å². The van der Waals surface area contributed by atoms with Gasteiger partial charge in [-0.3, -0.25) is 9.89 Å². The fourth-order valence-electron chi connectivity index (χ4n) is 1.86. The number of aromatic nitrogens is 2. The lowest BCUT2D eigenvalue weighted by Crippen LogP contribution is -2.27. The van der Waals surface area contributed by atoms with E-state index < -0.39 is 26.6 Å². The van der Waals surface area contributed by atoms with Crippen molar-refractivity contribution in [3.05, 3.63) is 42.0 Å². The van der Waals surface area contributed by atoms with Gasteiger partial charge in [0.2, 0.25) is 10.0 Å². The Bertz CT molecular complexity index is 801. The van der Waals surface area contributed by atoms with E-state index in [9.17, 15) is 17.6 Å². The molecule has 0 bridgehead atoms. The van der Waals surface area contributed by atoms with Crippen LogP contribution in [0, 0.1) is 5.82 Å². The van der Waals surface area contributed by atoms with Gasteiger partial charge in [0.1, 0.15) is 10.7 Å². The van der Waals surface area contributed by atoms with E-state index in [2.05, 4.69) is 20.2 Å². The molecule has 0 saturated heterocycles. The van der Waals surface area contributed by atoms with Gasteiger partial charge in [-0.05, 0) is 31.0 Å². The van der Waals surface area contributed by atoms with Crippen LogP contribution in [0.1, 0.15) is 23.2 Å². The molecular formula is C13H13FN4O3S. The van der Waals surface area contributed by atoms with Crippen LogP contribution in [0.15, 0.2) is 35.5 Å². The summed E-state index contributed by atoms with van der Waals surface area (Å²) in [6.07, 6.45) is 4.34. The van der Waals surface area contributed by atoms with Crippen molar-refractivity contribution >= 4 is 21.6 Å². The van der Waals surface area contributed by atoms with Crippen molar-refractivity contribution in [1.82, 2.24) is 14.9 Å². The van der Waals surface area contributed by atoms with Gasteiger partial charge in [-0.15, -0.1) is 0 Å². The van der Waals surface area contributed by atoms with Crippen molar-refractivity contribution in [1.29, 1.82) is 0 Å². The predicted octanol–water partition coefficient (Wildman–Crippen LogP) is 1.24. The molecule has 1 aliphatic carbocycles. The smallest absolute Gasteiger partial charge is 0.255 e. The molecule has 1 fully saturated rings. The van der Waals surface area contributed by atoms with Crippen LogP contribution in [0.25, 0.3) is 0 Å². The number of halogens is 1. The quantitative estimate of drug-likeness (QED) is 0.769. The Morgan fingerprint density at radius 3 is 2.77 bits per heavy atom. The van der Waals surface area contributed by atoms with Gasteiger partial charge >= 0.3 is 0 Å². The molecule has 9 heteroatoms. The number of sulfonamides is 1. The normalized spacial score (nSPS) is 14.8. The lowest BCUT2D eigenvalue weighted by Gasteiger charge is -2.09. The summed E-state index contributed by atoms with van der Waals surface area (Å²) in [5, 5.41) is 8.72. The number of anilines is 1. The topological polar surface area (TPSA) is 104 Å². The van der Waals surface area contributed by atoms with E-state index in [0.29, 0.717) is 5.69 Å². The van der Waals surface area contributed by atoms with E-state index in [1.54, 1.807) is 0 Å². The molecule has 3 N–H and O–H groups in total. The number of aromatic amines is 1. The number of rotatable bonds is 5. The highest BCUT2D eigenvalue weighted by atomic mass is 32.2. The van der Waals surface area contributed by atoms with Crippen molar-refractivity contribution in [2.24, 2.45) is 0 Å². The second kappa shape index (κ2) is 5.50. The highest BCUT2D eigenvalue weighted by Crippen LogP contribution is 2.24. The third-order valence-electron chi connectivity index (χ3n) is 3.14. The minimum absolute atomic E-state index is 0.0405. The molecule has 0 atom stereocenters. The van der Waals surface area contributed by atoms with Gasteiger partial charge in [0.05, 0.1) is 11.9 Å². The largest absolute Gasteiger partial charge is 0.319 e. The first kappa shape index (κ1) is 14.7. The number of nitrogens with one attached hydrogen (secondary N) is 3. The van der Waals surface area contributed by atoms with E-state index in [4.69, 9.17) is 0 Å². The molecule has 1 amide bonds. The Morgan fingerprint density at radius 1 is 1.36 bits per heavy atom. The molecule has 116 valence electrons. The van der Waals surface area contributed by atoms with E-state index in [-0.39, 0.29) is 11.6 Å². The number of nitrogens with zero attached hydrogens (tertiary/aromatic N) is 1. The van der Waals surface area contributed by atoms with Crippen LogP contribution >= 0.6 is 0 Å². The number of H-pyrrole nitrogens is 1. The van der Waals surface area contributed by atoms with E-state index in [1.165, 1.54) is 18.5 Å². The lowest BCUT2D eigenvalue weighted by molar-refractivity contribution is 0.102. The minimum Gasteiger partial charge on any atom is -0.319 e. The maximum atomic E-state index is 13.8. The average molecular weight is 324 g/mol. The van der Waals surface area contributed by atoms with Gasteiger partial charge in [-0.25, -0.2) is 17.5 Å². The first-order valence-electron chi connectivity index (χ1n) is 6.58. The van der Waals surface area contributed by atoms with E-state index in [1.807, 2.05) is 0 Å². The van der Waals surface area contributed by atoms with E-state index in [0.717, 1.165) is 25.0 Å². The van der Waals surface area contributed by atoms with Crippen LogP contribution in [-0.4, -0.2) is 30.6 Å². The molecule has 0 unspecified atom stereocenters. The first-order chi connectivity index (χ1) is 10.5. The zero-order valence-electron chi connectivity index (χ0n) is 11.3. The zero-order valence-corrected chi connectivity index (χ0v) is 12.2. The fourth-order valence-corrected chi connectivity index (χ4v) is 3.27. The van der Waals surface area contributed by atoms with Crippen LogP contribution in [-0.2, 0) is 10.0 Å². The van der Waals surface area contributed by atoms with Gasteiger partial charge in [-0.1, -0.05) is 0 Å². The number of hydrogen-bond acceptors (Lipinski definition) is 4. The highest BCUT2D eigenvalue weighted by molar-refractivity contribution is 7.89. The van der Waals surface area contributed by atoms with Crippen molar-refractivity contribution in [3.63, 3.8) is 0 Å². The monoisotopic (exact) mass is 324 g/mol. The molecular weight excluding hydrogens is 311 g/mol.